The first-order valence-corrected chi connectivity index (χ1v) is 7.02. The van der Waals surface area contributed by atoms with Gasteiger partial charge in [0.1, 0.15) is 10.6 Å². The van der Waals surface area contributed by atoms with E-state index in [4.69, 9.17) is 0 Å². The third-order valence-corrected chi connectivity index (χ3v) is 4.00. The Labute approximate surface area is 115 Å². The number of nitrogens with one attached hydrogen (secondary N) is 2. The fraction of sp³-hybridized carbons (Fsp3) is 0.300. The number of ether oxygens (including phenoxy) is 1. The van der Waals surface area contributed by atoms with Crippen LogP contribution in [0.5, 0.6) is 0 Å². The van der Waals surface area contributed by atoms with Crippen LogP contribution in [0.2, 0.25) is 0 Å². The Morgan fingerprint density at radius 2 is 2.30 bits per heavy atom. The molecule has 0 aliphatic carbocycles. The van der Waals surface area contributed by atoms with Crippen LogP contribution >= 0.6 is 0 Å². The Kier molecular flexibility index (Phi) is 3.86. The molecule has 0 fully saturated rings. The van der Waals surface area contributed by atoms with Crippen molar-refractivity contribution in [1.29, 1.82) is 0 Å². The molecule has 2 N–H and O–H groups in total. The van der Waals surface area contributed by atoms with Crippen molar-refractivity contribution < 1.29 is 17.9 Å². The lowest BCUT2D eigenvalue weighted by Gasteiger charge is -2.04. The van der Waals surface area contributed by atoms with Crippen molar-refractivity contribution in [1.82, 2.24) is 24.7 Å². The van der Waals surface area contributed by atoms with E-state index in [9.17, 15) is 13.2 Å². The van der Waals surface area contributed by atoms with Crippen LogP contribution in [-0.2, 0) is 28.4 Å². The maximum atomic E-state index is 12.0. The summed E-state index contributed by atoms with van der Waals surface area (Å²) in [6.45, 7) is 0.0462. The van der Waals surface area contributed by atoms with E-state index >= 15 is 0 Å². The quantitative estimate of drug-likeness (QED) is 0.712. The molecule has 2 rings (SSSR count). The highest BCUT2D eigenvalue weighted by Gasteiger charge is 2.19. The summed E-state index contributed by atoms with van der Waals surface area (Å²) in [4.78, 5) is 13.7. The largest absolute Gasteiger partial charge is 0.464 e. The van der Waals surface area contributed by atoms with E-state index < -0.39 is 16.0 Å². The zero-order chi connectivity index (χ0) is 14.8. The molecule has 0 unspecified atom stereocenters. The van der Waals surface area contributed by atoms with E-state index in [0.717, 1.165) is 0 Å². The molecule has 108 valence electrons. The predicted molar refractivity (Wildman–Crippen MR) is 67.2 cm³/mol. The van der Waals surface area contributed by atoms with E-state index in [1.54, 1.807) is 7.05 Å². The lowest BCUT2D eigenvalue weighted by molar-refractivity contribution is 0.0595. The van der Waals surface area contributed by atoms with Gasteiger partial charge < -0.3 is 9.72 Å². The van der Waals surface area contributed by atoms with E-state index in [0.29, 0.717) is 5.69 Å². The third-order valence-electron chi connectivity index (χ3n) is 2.62. The van der Waals surface area contributed by atoms with Crippen molar-refractivity contribution in [3.05, 3.63) is 29.8 Å². The second kappa shape index (κ2) is 5.43. The number of aromatic amines is 1. The van der Waals surface area contributed by atoms with Crippen LogP contribution in [-0.4, -0.2) is 41.5 Å². The summed E-state index contributed by atoms with van der Waals surface area (Å²) >= 11 is 0. The summed E-state index contributed by atoms with van der Waals surface area (Å²) in [7, 11) is -0.864. The lowest BCUT2D eigenvalue weighted by atomic mass is 10.4. The molecule has 0 atom stereocenters. The Bertz CT molecular complexity index is 718. The molecule has 0 spiro atoms. The van der Waals surface area contributed by atoms with Gasteiger partial charge in [0.2, 0.25) is 10.0 Å². The molecular formula is C10H13N5O4S. The van der Waals surface area contributed by atoms with Gasteiger partial charge in [-0.1, -0.05) is 5.21 Å². The van der Waals surface area contributed by atoms with E-state index in [1.165, 1.54) is 30.3 Å². The number of aromatic nitrogens is 4. The number of sulfonamides is 1. The number of carbonyl (C=O) groups is 1. The van der Waals surface area contributed by atoms with Crippen molar-refractivity contribution in [2.45, 2.75) is 11.4 Å². The number of aryl methyl sites for hydroxylation is 1. The number of methoxy groups -OCH3 is 1. The summed E-state index contributed by atoms with van der Waals surface area (Å²) in [5.74, 6) is -0.637. The number of esters is 1. The molecule has 9 nitrogen and oxygen atoms in total. The van der Waals surface area contributed by atoms with E-state index in [2.05, 4.69) is 24.8 Å². The SMILES string of the molecule is COC(=O)c1cc(S(=O)(=O)NCc2cnnn2C)c[nH]1. The van der Waals surface area contributed by atoms with Gasteiger partial charge in [0.05, 0.1) is 25.5 Å². The first kappa shape index (κ1) is 14.2. The van der Waals surface area contributed by atoms with Crippen LogP contribution in [0, 0.1) is 0 Å². The molecule has 0 saturated carbocycles. The summed E-state index contributed by atoms with van der Waals surface area (Å²) in [6, 6.07) is 1.20. The molecule has 0 bridgehead atoms. The van der Waals surface area contributed by atoms with E-state index in [-0.39, 0.29) is 17.1 Å². The van der Waals surface area contributed by atoms with Gasteiger partial charge in [0, 0.05) is 13.2 Å². The van der Waals surface area contributed by atoms with Crippen molar-refractivity contribution in [2.75, 3.05) is 7.11 Å². The van der Waals surface area contributed by atoms with Crippen LogP contribution in [0.3, 0.4) is 0 Å². The molecular weight excluding hydrogens is 286 g/mol. The first-order valence-electron chi connectivity index (χ1n) is 5.54. The topological polar surface area (TPSA) is 119 Å². The van der Waals surface area contributed by atoms with Crippen molar-refractivity contribution in [3.8, 4) is 0 Å². The van der Waals surface area contributed by atoms with Crippen LogP contribution in [0.15, 0.2) is 23.4 Å². The van der Waals surface area contributed by atoms with Gasteiger partial charge in [-0.05, 0) is 6.07 Å². The smallest absolute Gasteiger partial charge is 0.354 e. The molecule has 2 heterocycles. The van der Waals surface area contributed by atoms with Gasteiger partial charge in [-0.25, -0.2) is 17.9 Å². The normalized spacial score (nSPS) is 11.5. The number of hydrogen-bond acceptors (Lipinski definition) is 6. The maximum Gasteiger partial charge on any atom is 0.354 e. The number of H-pyrrole nitrogens is 1. The predicted octanol–water partition coefficient (Wildman–Crippen LogP) is -0.592. The minimum Gasteiger partial charge on any atom is -0.464 e. The number of carbonyl (C=O) groups excluding carboxylic acids is 1. The molecule has 2 aromatic rings. The highest BCUT2D eigenvalue weighted by Crippen LogP contribution is 2.11. The molecule has 2 aromatic heterocycles. The minimum absolute atomic E-state index is 0.0462. The number of hydrogen-bond donors (Lipinski definition) is 2. The lowest BCUT2D eigenvalue weighted by Crippen LogP contribution is -2.24. The van der Waals surface area contributed by atoms with Gasteiger partial charge in [-0.15, -0.1) is 5.10 Å². The third kappa shape index (κ3) is 2.86. The Morgan fingerprint density at radius 1 is 1.55 bits per heavy atom. The monoisotopic (exact) mass is 299 g/mol. The van der Waals surface area contributed by atoms with Crippen molar-refractivity contribution in [2.24, 2.45) is 7.05 Å². The van der Waals surface area contributed by atoms with Gasteiger partial charge in [0.25, 0.3) is 0 Å². The van der Waals surface area contributed by atoms with Crippen LogP contribution < -0.4 is 4.72 Å². The molecule has 0 amide bonds. The second-order valence-corrected chi connectivity index (χ2v) is 5.68. The number of rotatable bonds is 5. The highest BCUT2D eigenvalue weighted by molar-refractivity contribution is 7.89. The Balaban J connectivity index is 2.12. The standard InChI is InChI=1S/C10H13N5O4S/c1-15-7(4-12-14-15)5-13-20(17,18)8-3-9(11-6-8)10(16)19-2/h3-4,6,11,13H,5H2,1-2H3. The summed E-state index contributed by atoms with van der Waals surface area (Å²) in [6.07, 6.45) is 2.68. The Morgan fingerprint density at radius 3 is 2.90 bits per heavy atom. The molecule has 0 radical (unpaired) electrons. The van der Waals surface area contributed by atoms with Gasteiger partial charge >= 0.3 is 5.97 Å². The zero-order valence-electron chi connectivity index (χ0n) is 10.8. The zero-order valence-corrected chi connectivity index (χ0v) is 11.6. The first-order chi connectivity index (χ1) is 9.44. The highest BCUT2D eigenvalue weighted by atomic mass is 32.2. The van der Waals surface area contributed by atoms with E-state index in [1.807, 2.05) is 0 Å². The molecule has 20 heavy (non-hydrogen) atoms. The second-order valence-electron chi connectivity index (χ2n) is 3.91. The minimum atomic E-state index is -3.73. The van der Waals surface area contributed by atoms with Crippen molar-refractivity contribution in [3.63, 3.8) is 0 Å². The molecule has 0 aliphatic rings. The summed E-state index contributed by atoms with van der Waals surface area (Å²) in [5.41, 5.74) is 0.673. The summed E-state index contributed by atoms with van der Waals surface area (Å²) in [5, 5.41) is 7.34. The van der Waals surface area contributed by atoms with Crippen LogP contribution in [0.4, 0.5) is 0 Å². The van der Waals surface area contributed by atoms with Crippen molar-refractivity contribution >= 4 is 16.0 Å². The van der Waals surface area contributed by atoms with Crippen LogP contribution in [0.25, 0.3) is 0 Å². The molecule has 10 heteroatoms. The number of nitrogens with zero attached hydrogens (tertiary/aromatic N) is 3. The Hall–Kier alpha value is -2.20. The van der Waals surface area contributed by atoms with Gasteiger partial charge in [-0.2, -0.15) is 0 Å². The fourth-order valence-corrected chi connectivity index (χ4v) is 2.47. The molecule has 0 saturated heterocycles. The van der Waals surface area contributed by atoms with Gasteiger partial charge in [0.15, 0.2) is 0 Å². The van der Waals surface area contributed by atoms with Crippen LogP contribution in [0.1, 0.15) is 16.2 Å². The molecule has 0 aromatic carbocycles. The van der Waals surface area contributed by atoms with Gasteiger partial charge in [-0.3, -0.25) is 4.68 Å². The average molecular weight is 299 g/mol. The summed E-state index contributed by atoms with van der Waals surface area (Å²) < 4.78 is 32.4. The fourth-order valence-electron chi connectivity index (χ4n) is 1.48. The average Bonchev–Trinajstić information content (AvgIpc) is 3.05. The molecule has 0 aliphatic heterocycles. The maximum absolute atomic E-state index is 12.0.